The highest BCUT2D eigenvalue weighted by Crippen LogP contribution is 2.25. The van der Waals surface area contributed by atoms with Crippen molar-refractivity contribution >= 4 is 29.3 Å². The Labute approximate surface area is 90.7 Å². The first-order chi connectivity index (χ1) is 6.63. The predicted molar refractivity (Wildman–Crippen MR) is 55.8 cm³/mol. The summed E-state index contributed by atoms with van der Waals surface area (Å²) in [7, 11) is 0. The van der Waals surface area contributed by atoms with Crippen LogP contribution in [0, 0.1) is 0 Å². The number of aliphatic carboxylic acids is 1. The first-order valence-corrected chi connectivity index (χ1v) is 5.15. The van der Waals surface area contributed by atoms with E-state index in [1.54, 1.807) is 24.3 Å². The van der Waals surface area contributed by atoms with Crippen molar-refractivity contribution in [2.45, 2.75) is 10.1 Å². The van der Waals surface area contributed by atoms with Crippen molar-refractivity contribution in [3.8, 4) is 0 Å². The number of carboxylic acids is 1. The van der Waals surface area contributed by atoms with E-state index in [-0.39, 0.29) is 0 Å². The summed E-state index contributed by atoms with van der Waals surface area (Å²) in [4.78, 5) is 11.3. The number of hydrogen-bond acceptors (Lipinski definition) is 3. The Bertz CT molecular complexity index is 330. The second-order valence-electron chi connectivity index (χ2n) is 2.58. The highest BCUT2D eigenvalue weighted by atomic mass is 35.5. The number of hydrogen-bond donors (Lipinski definition) is 2. The molecule has 0 bridgehead atoms. The summed E-state index contributed by atoms with van der Waals surface area (Å²) in [5.74, 6) is -1.03. The number of halogens is 1. The van der Waals surface area contributed by atoms with Gasteiger partial charge in [0.15, 0.2) is 0 Å². The predicted octanol–water partition coefficient (Wildman–Crippen LogP) is 1.88. The molecular weight excluding hydrogens is 224 g/mol. The van der Waals surface area contributed by atoms with Gasteiger partial charge < -0.3 is 10.2 Å². The summed E-state index contributed by atoms with van der Waals surface area (Å²) in [6, 6.07) is 6.86. The van der Waals surface area contributed by atoms with Gasteiger partial charge in [-0.2, -0.15) is 0 Å². The van der Waals surface area contributed by atoms with E-state index in [0.29, 0.717) is 5.02 Å². The van der Waals surface area contributed by atoms with E-state index in [0.717, 1.165) is 16.7 Å². The van der Waals surface area contributed by atoms with Crippen LogP contribution in [0.25, 0.3) is 0 Å². The Morgan fingerprint density at radius 3 is 2.79 bits per heavy atom. The number of aliphatic hydroxyl groups excluding tert-OH is 1. The van der Waals surface area contributed by atoms with Crippen molar-refractivity contribution in [3.05, 3.63) is 29.3 Å². The monoisotopic (exact) mass is 232 g/mol. The van der Waals surface area contributed by atoms with Gasteiger partial charge in [0.1, 0.15) is 5.25 Å². The second-order valence-corrected chi connectivity index (χ2v) is 4.30. The van der Waals surface area contributed by atoms with Gasteiger partial charge in [-0.15, -0.1) is 11.8 Å². The van der Waals surface area contributed by atoms with Gasteiger partial charge in [0.25, 0.3) is 0 Å². The lowest BCUT2D eigenvalue weighted by molar-refractivity contribution is -0.137. The van der Waals surface area contributed by atoms with Gasteiger partial charge in [0.2, 0.25) is 0 Å². The molecule has 1 unspecified atom stereocenters. The number of carboxylic acid groups (broad SMARTS) is 1. The van der Waals surface area contributed by atoms with Gasteiger partial charge in [-0.1, -0.05) is 17.7 Å². The van der Waals surface area contributed by atoms with Crippen LogP contribution in [0.1, 0.15) is 0 Å². The molecular formula is C9H9ClO3S. The molecule has 0 spiro atoms. The molecule has 0 aliphatic carbocycles. The zero-order valence-corrected chi connectivity index (χ0v) is 8.76. The minimum atomic E-state index is -1.03. The topological polar surface area (TPSA) is 57.5 Å². The summed E-state index contributed by atoms with van der Waals surface area (Å²) >= 11 is 6.80. The maximum absolute atomic E-state index is 10.6. The van der Waals surface area contributed by atoms with Crippen LogP contribution in [0.3, 0.4) is 0 Å². The number of carbonyl (C=O) groups is 1. The molecule has 0 heterocycles. The Morgan fingerprint density at radius 1 is 1.57 bits per heavy atom. The van der Waals surface area contributed by atoms with Gasteiger partial charge in [0, 0.05) is 9.92 Å². The normalized spacial score (nSPS) is 12.4. The van der Waals surface area contributed by atoms with Crippen molar-refractivity contribution < 1.29 is 15.0 Å². The van der Waals surface area contributed by atoms with Crippen LogP contribution < -0.4 is 0 Å². The lowest BCUT2D eigenvalue weighted by Gasteiger charge is -2.08. The smallest absolute Gasteiger partial charge is 0.319 e. The average molecular weight is 233 g/mol. The minimum Gasteiger partial charge on any atom is -0.480 e. The highest BCUT2D eigenvalue weighted by Gasteiger charge is 2.17. The van der Waals surface area contributed by atoms with Crippen LogP contribution in [-0.2, 0) is 4.79 Å². The van der Waals surface area contributed by atoms with Crippen molar-refractivity contribution in [1.82, 2.24) is 0 Å². The Kier molecular flexibility index (Phi) is 4.25. The average Bonchev–Trinajstić information content (AvgIpc) is 2.14. The minimum absolute atomic E-state index is 0.396. The van der Waals surface area contributed by atoms with Gasteiger partial charge in [0.05, 0.1) is 6.61 Å². The zero-order valence-electron chi connectivity index (χ0n) is 7.18. The number of benzene rings is 1. The molecule has 76 valence electrons. The molecule has 0 aliphatic rings. The quantitative estimate of drug-likeness (QED) is 0.779. The summed E-state index contributed by atoms with van der Waals surface area (Å²) in [6.45, 7) is -0.396. The third kappa shape index (κ3) is 3.21. The zero-order chi connectivity index (χ0) is 10.6. The molecule has 0 aliphatic heterocycles. The van der Waals surface area contributed by atoms with Gasteiger partial charge in [-0.3, -0.25) is 4.79 Å². The third-order valence-electron chi connectivity index (χ3n) is 1.52. The van der Waals surface area contributed by atoms with E-state index in [4.69, 9.17) is 21.8 Å². The Morgan fingerprint density at radius 2 is 2.29 bits per heavy atom. The van der Waals surface area contributed by atoms with Crippen molar-refractivity contribution in [2.75, 3.05) is 6.61 Å². The largest absolute Gasteiger partial charge is 0.480 e. The van der Waals surface area contributed by atoms with Crippen LogP contribution in [-0.4, -0.2) is 28.0 Å². The molecule has 1 aromatic rings. The molecule has 1 rings (SSSR count). The molecule has 2 N–H and O–H groups in total. The van der Waals surface area contributed by atoms with Gasteiger partial charge in [-0.05, 0) is 18.2 Å². The van der Waals surface area contributed by atoms with Crippen molar-refractivity contribution in [3.63, 3.8) is 0 Å². The van der Waals surface area contributed by atoms with Crippen molar-refractivity contribution in [1.29, 1.82) is 0 Å². The molecule has 0 amide bonds. The molecule has 0 saturated carbocycles. The number of aliphatic hydroxyl groups is 1. The fraction of sp³-hybridized carbons (Fsp3) is 0.222. The van der Waals surface area contributed by atoms with Crippen LogP contribution in [0.2, 0.25) is 5.02 Å². The number of thioether (sulfide) groups is 1. The van der Waals surface area contributed by atoms with E-state index in [2.05, 4.69) is 0 Å². The summed E-state index contributed by atoms with van der Waals surface area (Å²) in [6.07, 6.45) is 0. The van der Waals surface area contributed by atoms with Crippen molar-refractivity contribution in [2.24, 2.45) is 0 Å². The lowest BCUT2D eigenvalue weighted by Crippen LogP contribution is -2.20. The van der Waals surface area contributed by atoms with E-state index in [1.807, 2.05) is 0 Å². The third-order valence-corrected chi connectivity index (χ3v) is 2.91. The second kappa shape index (κ2) is 5.24. The Hall–Kier alpha value is -0.710. The van der Waals surface area contributed by atoms with Crippen LogP contribution in [0.15, 0.2) is 29.2 Å². The summed E-state index contributed by atoms with van der Waals surface area (Å²) in [5.41, 5.74) is 0. The molecule has 5 heteroatoms. The SMILES string of the molecule is O=C(O)C(CO)Sc1cccc(Cl)c1. The molecule has 1 aromatic carbocycles. The highest BCUT2D eigenvalue weighted by molar-refractivity contribution is 8.00. The fourth-order valence-corrected chi connectivity index (χ4v) is 1.98. The van der Waals surface area contributed by atoms with E-state index >= 15 is 0 Å². The summed E-state index contributed by atoms with van der Waals surface area (Å²) in [5, 5.41) is 17.2. The molecule has 1 atom stereocenters. The standard InChI is InChI=1S/C9H9ClO3S/c10-6-2-1-3-7(4-6)14-8(5-11)9(12)13/h1-4,8,11H,5H2,(H,12,13). The molecule has 0 saturated heterocycles. The summed E-state index contributed by atoms with van der Waals surface area (Å²) < 4.78 is 0. The molecule has 3 nitrogen and oxygen atoms in total. The van der Waals surface area contributed by atoms with Gasteiger partial charge >= 0.3 is 5.97 Å². The first-order valence-electron chi connectivity index (χ1n) is 3.89. The van der Waals surface area contributed by atoms with E-state index in [9.17, 15) is 4.79 Å². The van der Waals surface area contributed by atoms with Crippen LogP contribution in [0.4, 0.5) is 0 Å². The molecule has 14 heavy (non-hydrogen) atoms. The van der Waals surface area contributed by atoms with Crippen LogP contribution >= 0.6 is 23.4 Å². The lowest BCUT2D eigenvalue weighted by atomic mass is 10.4. The molecule has 0 radical (unpaired) electrons. The van der Waals surface area contributed by atoms with E-state index in [1.165, 1.54) is 0 Å². The van der Waals surface area contributed by atoms with Gasteiger partial charge in [-0.25, -0.2) is 0 Å². The van der Waals surface area contributed by atoms with E-state index < -0.39 is 17.8 Å². The molecule has 0 fully saturated rings. The molecule has 0 aromatic heterocycles. The first kappa shape index (κ1) is 11.4. The number of rotatable bonds is 4. The Balaban J connectivity index is 2.72. The van der Waals surface area contributed by atoms with Crippen LogP contribution in [0.5, 0.6) is 0 Å². The fourth-order valence-electron chi connectivity index (χ4n) is 0.870. The maximum Gasteiger partial charge on any atom is 0.319 e. The maximum atomic E-state index is 10.6.